The van der Waals surface area contributed by atoms with E-state index in [1.807, 2.05) is 20.8 Å². The summed E-state index contributed by atoms with van der Waals surface area (Å²) in [4.78, 5) is 16.0. The molecule has 0 aliphatic carbocycles. The number of carbonyl (C=O) groups excluding carboxylic acids is 1. The molecule has 1 amide bonds. The van der Waals surface area contributed by atoms with Crippen molar-refractivity contribution >= 4 is 6.09 Å². The van der Waals surface area contributed by atoms with Crippen molar-refractivity contribution in [1.29, 1.82) is 0 Å². The van der Waals surface area contributed by atoms with Gasteiger partial charge in [0.1, 0.15) is 5.60 Å². The third-order valence-corrected chi connectivity index (χ3v) is 2.14. The minimum atomic E-state index is -0.504. The number of ether oxygens (including phenoxy) is 2. The van der Waals surface area contributed by atoms with Crippen molar-refractivity contribution < 1.29 is 14.3 Å². The molecule has 0 saturated carbocycles. The van der Waals surface area contributed by atoms with E-state index in [-0.39, 0.29) is 18.7 Å². The summed E-state index contributed by atoms with van der Waals surface area (Å²) in [5.41, 5.74) is 7.72. The Morgan fingerprint density at radius 2 is 2.35 bits per heavy atom. The van der Waals surface area contributed by atoms with E-state index in [1.54, 1.807) is 4.90 Å². The molecule has 0 unspecified atom stereocenters. The van der Waals surface area contributed by atoms with E-state index in [1.165, 1.54) is 0 Å². The molecule has 1 rings (SSSR count). The maximum absolute atomic E-state index is 11.8. The topological polar surface area (TPSA) is 87.5 Å². The lowest BCUT2D eigenvalue weighted by molar-refractivity contribution is -0.0384. The Balaban J connectivity index is 2.48. The molecule has 0 aromatic heterocycles. The molecular weight excluding hydrogens is 224 g/mol. The number of carbonyl (C=O) groups is 1. The first-order chi connectivity index (χ1) is 7.92. The highest BCUT2D eigenvalue weighted by Gasteiger charge is 2.27. The summed E-state index contributed by atoms with van der Waals surface area (Å²) in [6.45, 7) is 7.03. The summed E-state index contributed by atoms with van der Waals surface area (Å²) in [5.74, 6) is 0. The fourth-order valence-corrected chi connectivity index (χ4v) is 1.45. The first kappa shape index (κ1) is 13.6. The quantitative estimate of drug-likeness (QED) is 0.421. The Morgan fingerprint density at radius 1 is 1.65 bits per heavy atom. The van der Waals surface area contributed by atoms with Gasteiger partial charge in [-0.1, -0.05) is 5.11 Å². The van der Waals surface area contributed by atoms with Gasteiger partial charge in [-0.3, -0.25) is 0 Å². The van der Waals surface area contributed by atoms with Crippen molar-refractivity contribution in [3.05, 3.63) is 10.4 Å². The Bertz CT molecular complexity index is 320. The van der Waals surface area contributed by atoms with Crippen LogP contribution in [0.25, 0.3) is 10.4 Å². The summed E-state index contributed by atoms with van der Waals surface area (Å²) < 4.78 is 10.6. The standard InChI is InChI=1S/C10H18N4O3/c1-10(2,3)17-9(15)14-4-5-16-8(7-14)6-12-13-11/h8H,4-7H2,1-3H3/t8-/m0/s1. The van der Waals surface area contributed by atoms with E-state index >= 15 is 0 Å². The van der Waals surface area contributed by atoms with Gasteiger partial charge in [0.05, 0.1) is 25.8 Å². The van der Waals surface area contributed by atoms with Gasteiger partial charge in [-0.05, 0) is 26.3 Å². The largest absolute Gasteiger partial charge is 0.444 e. The summed E-state index contributed by atoms with van der Waals surface area (Å²) in [6.07, 6.45) is -0.598. The van der Waals surface area contributed by atoms with Crippen LogP contribution in [0.15, 0.2) is 5.11 Å². The highest BCUT2D eigenvalue weighted by molar-refractivity contribution is 5.68. The second kappa shape index (κ2) is 5.75. The van der Waals surface area contributed by atoms with Gasteiger partial charge in [0.15, 0.2) is 0 Å². The van der Waals surface area contributed by atoms with Crippen LogP contribution in [0.2, 0.25) is 0 Å². The molecule has 0 bridgehead atoms. The Hall–Kier alpha value is -1.46. The SMILES string of the molecule is CC(C)(C)OC(=O)N1CCO[C@@H](CN=[N+]=[N-])C1. The normalized spacial score (nSPS) is 20.6. The van der Waals surface area contributed by atoms with Crippen molar-refractivity contribution in [2.45, 2.75) is 32.5 Å². The maximum atomic E-state index is 11.8. The molecule has 0 N–H and O–H groups in total. The van der Waals surface area contributed by atoms with Crippen LogP contribution in [0.3, 0.4) is 0 Å². The van der Waals surface area contributed by atoms with Crippen LogP contribution in [0, 0.1) is 0 Å². The fraction of sp³-hybridized carbons (Fsp3) is 0.900. The van der Waals surface area contributed by atoms with Crippen molar-refractivity contribution in [1.82, 2.24) is 4.90 Å². The third kappa shape index (κ3) is 4.93. The summed E-state index contributed by atoms with van der Waals surface area (Å²) in [5, 5.41) is 3.44. The summed E-state index contributed by atoms with van der Waals surface area (Å²) in [6, 6.07) is 0. The predicted octanol–water partition coefficient (Wildman–Crippen LogP) is 1.93. The molecule has 1 fully saturated rings. The van der Waals surface area contributed by atoms with Crippen LogP contribution in [0.1, 0.15) is 20.8 Å². The first-order valence-electron chi connectivity index (χ1n) is 5.53. The van der Waals surface area contributed by atoms with Crippen LogP contribution in [0.5, 0.6) is 0 Å². The number of azide groups is 1. The van der Waals surface area contributed by atoms with E-state index in [9.17, 15) is 4.79 Å². The highest BCUT2D eigenvalue weighted by Crippen LogP contribution is 2.13. The molecular formula is C10H18N4O3. The van der Waals surface area contributed by atoms with Gasteiger partial charge in [0, 0.05) is 11.5 Å². The van der Waals surface area contributed by atoms with Crippen molar-refractivity contribution in [2.24, 2.45) is 5.11 Å². The van der Waals surface area contributed by atoms with Gasteiger partial charge >= 0.3 is 6.09 Å². The minimum Gasteiger partial charge on any atom is -0.444 e. The van der Waals surface area contributed by atoms with Crippen molar-refractivity contribution in [3.63, 3.8) is 0 Å². The Morgan fingerprint density at radius 3 is 2.94 bits per heavy atom. The van der Waals surface area contributed by atoms with Gasteiger partial charge in [-0.2, -0.15) is 0 Å². The molecule has 0 radical (unpaired) electrons. The molecule has 0 aromatic carbocycles. The zero-order valence-corrected chi connectivity index (χ0v) is 10.4. The summed E-state index contributed by atoms with van der Waals surface area (Å²) in [7, 11) is 0. The van der Waals surface area contributed by atoms with E-state index in [0.717, 1.165) is 0 Å². The van der Waals surface area contributed by atoms with E-state index in [4.69, 9.17) is 15.0 Å². The van der Waals surface area contributed by atoms with Crippen LogP contribution >= 0.6 is 0 Å². The second-order valence-corrected chi connectivity index (χ2v) is 4.83. The fourth-order valence-electron chi connectivity index (χ4n) is 1.45. The summed E-state index contributed by atoms with van der Waals surface area (Å²) >= 11 is 0. The van der Waals surface area contributed by atoms with Gasteiger partial charge in [0.2, 0.25) is 0 Å². The highest BCUT2D eigenvalue weighted by atomic mass is 16.6. The molecule has 0 spiro atoms. The zero-order valence-electron chi connectivity index (χ0n) is 10.4. The van der Waals surface area contributed by atoms with Crippen molar-refractivity contribution in [3.8, 4) is 0 Å². The van der Waals surface area contributed by atoms with E-state index < -0.39 is 5.60 Å². The predicted molar refractivity (Wildman–Crippen MR) is 61.6 cm³/mol. The minimum absolute atomic E-state index is 0.232. The number of morpholine rings is 1. The molecule has 17 heavy (non-hydrogen) atoms. The Labute approximate surface area is 100 Å². The molecule has 1 heterocycles. The lowest BCUT2D eigenvalue weighted by Gasteiger charge is -2.33. The number of amides is 1. The van der Waals surface area contributed by atoms with Crippen LogP contribution in [0.4, 0.5) is 4.79 Å². The molecule has 0 aromatic rings. The number of nitrogens with zero attached hydrogens (tertiary/aromatic N) is 4. The van der Waals surface area contributed by atoms with Crippen molar-refractivity contribution in [2.75, 3.05) is 26.2 Å². The van der Waals surface area contributed by atoms with Crippen LogP contribution < -0.4 is 0 Å². The average molecular weight is 242 g/mol. The lowest BCUT2D eigenvalue weighted by atomic mass is 10.2. The molecule has 1 aliphatic rings. The molecule has 7 heteroatoms. The van der Waals surface area contributed by atoms with Crippen LogP contribution in [-0.4, -0.2) is 48.9 Å². The molecule has 1 saturated heterocycles. The van der Waals surface area contributed by atoms with E-state index in [0.29, 0.717) is 19.7 Å². The van der Waals surface area contributed by atoms with E-state index in [2.05, 4.69) is 10.0 Å². The third-order valence-electron chi connectivity index (χ3n) is 2.14. The smallest absolute Gasteiger partial charge is 0.410 e. The second-order valence-electron chi connectivity index (χ2n) is 4.83. The van der Waals surface area contributed by atoms with Crippen LogP contribution in [-0.2, 0) is 9.47 Å². The molecule has 1 atom stereocenters. The monoisotopic (exact) mass is 242 g/mol. The van der Waals surface area contributed by atoms with Gasteiger partial charge in [-0.25, -0.2) is 4.79 Å². The zero-order chi connectivity index (χ0) is 12.9. The lowest BCUT2D eigenvalue weighted by Crippen LogP contribution is -2.48. The Kier molecular flexibility index (Phi) is 4.60. The average Bonchev–Trinajstić information content (AvgIpc) is 2.24. The molecule has 1 aliphatic heterocycles. The van der Waals surface area contributed by atoms with Gasteiger partial charge in [0.25, 0.3) is 0 Å². The van der Waals surface area contributed by atoms with Gasteiger partial charge < -0.3 is 14.4 Å². The number of rotatable bonds is 2. The molecule has 96 valence electrons. The number of hydrogen-bond donors (Lipinski definition) is 0. The first-order valence-corrected chi connectivity index (χ1v) is 5.53. The van der Waals surface area contributed by atoms with Gasteiger partial charge in [-0.15, -0.1) is 0 Å². The molecule has 7 nitrogen and oxygen atoms in total. The maximum Gasteiger partial charge on any atom is 0.410 e. The number of hydrogen-bond acceptors (Lipinski definition) is 4.